The van der Waals surface area contributed by atoms with Crippen LogP contribution in [0.5, 0.6) is 0 Å². The van der Waals surface area contributed by atoms with Gasteiger partial charge in [-0.1, -0.05) is 196 Å². The largest absolute Gasteiger partial charge is 0.0622 e. The summed E-state index contributed by atoms with van der Waals surface area (Å²) in [6, 6.07) is 89.7. The van der Waals surface area contributed by atoms with Gasteiger partial charge >= 0.3 is 0 Å². The molecular formula is C65H46. The van der Waals surface area contributed by atoms with E-state index in [-0.39, 0.29) is 5.41 Å². The third kappa shape index (κ3) is 6.96. The van der Waals surface area contributed by atoms with Crippen LogP contribution in [0.3, 0.4) is 0 Å². The van der Waals surface area contributed by atoms with E-state index in [0.717, 1.165) is 0 Å². The topological polar surface area (TPSA) is 0 Å². The summed E-state index contributed by atoms with van der Waals surface area (Å²) in [7, 11) is 0. The third-order valence-electron chi connectivity index (χ3n) is 13.8. The van der Waals surface area contributed by atoms with E-state index in [2.05, 4.69) is 257 Å². The molecule has 0 radical (unpaired) electrons. The second-order valence-electron chi connectivity index (χ2n) is 18.1. The Labute approximate surface area is 381 Å². The summed E-state index contributed by atoms with van der Waals surface area (Å²) in [5.74, 6) is 0. The Morgan fingerprint density at radius 2 is 0.569 bits per heavy atom. The fourth-order valence-electron chi connectivity index (χ4n) is 10.3. The molecule has 0 nitrogen and oxygen atoms in total. The molecule has 1 aliphatic rings. The number of rotatable bonds is 7. The minimum absolute atomic E-state index is 0.0491. The molecule has 0 heteroatoms. The van der Waals surface area contributed by atoms with Crippen molar-refractivity contribution in [3.8, 4) is 89.0 Å². The smallest absolute Gasteiger partial charge is 0.0159 e. The van der Waals surface area contributed by atoms with Crippen LogP contribution >= 0.6 is 0 Å². The molecule has 0 unspecified atom stereocenters. The highest BCUT2D eigenvalue weighted by Crippen LogP contribution is 2.50. The van der Waals surface area contributed by atoms with Crippen molar-refractivity contribution < 1.29 is 0 Å². The highest BCUT2D eigenvalue weighted by Gasteiger charge is 2.35. The predicted molar refractivity (Wildman–Crippen MR) is 277 cm³/mol. The van der Waals surface area contributed by atoms with Gasteiger partial charge in [-0.05, 0) is 182 Å². The first-order chi connectivity index (χ1) is 31.9. The average molecular weight is 827 g/mol. The summed E-state index contributed by atoms with van der Waals surface area (Å²) in [5, 5.41) is 5.15. The molecule has 0 heterocycles. The van der Waals surface area contributed by atoms with E-state index < -0.39 is 0 Å². The standard InChI is InChI=1S/C65H46/c1-65(2)63-28-10-9-27-59(63)62-41-55-32-30-45-29-31-54(40-60(45)61(55)42-64(62)65)50-23-13-21-48(35-50)49-22-14-26-53(36-49)58-38-56(51-24-11-19-46(33-51)43-15-5-3-6-16-43)37-57(39-58)52-25-12-20-47(34-52)44-17-7-4-8-18-44/h3-42H,1-2H3. The molecule has 0 saturated carbocycles. The number of hydrogen-bond acceptors (Lipinski definition) is 0. The van der Waals surface area contributed by atoms with E-state index >= 15 is 0 Å². The first kappa shape index (κ1) is 38.6. The fraction of sp³-hybridized carbons (Fsp3) is 0.0462. The highest BCUT2D eigenvalue weighted by molar-refractivity contribution is 6.11. The lowest BCUT2D eigenvalue weighted by Crippen LogP contribution is -2.14. The minimum Gasteiger partial charge on any atom is -0.0622 e. The second kappa shape index (κ2) is 15.6. The van der Waals surface area contributed by atoms with Gasteiger partial charge in [0.2, 0.25) is 0 Å². The van der Waals surface area contributed by atoms with Crippen molar-refractivity contribution in [3.05, 3.63) is 254 Å². The van der Waals surface area contributed by atoms with Crippen LogP contribution < -0.4 is 0 Å². The van der Waals surface area contributed by atoms with Crippen molar-refractivity contribution in [1.29, 1.82) is 0 Å². The Kier molecular flexibility index (Phi) is 9.28. The van der Waals surface area contributed by atoms with Crippen molar-refractivity contribution in [2.24, 2.45) is 0 Å². The van der Waals surface area contributed by atoms with Crippen molar-refractivity contribution in [2.75, 3.05) is 0 Å². The predicted octanol–water partition coefficient (Wildman–Crippen LogP) is 18.0. The number of hydrogen-bond donors (Lipinski definition) is 0. The molecule has 65 heavy (non-hydrogen) atoms. The molecule has 0 saturated heterocycles. The van der Waals surface area contributed by atoms with Gasteiger partial charge in [-0.15, -0.1) is 0 Å². The van der Waals surface area contributed by atoms with E-state index in [1.807, 2.05) is 0 Å². The van der Waals surface area contributed by atoms with Crippen molar-refractivity contribution in [1.82, 2.24) is 0 Å². The molecule has 306 valence electrons. The van der Waals surface area contributed by atoms with Crippen molar-refractivity contribution in [3.63, 3.8) is 0 Å². The maximum Gasteiger partial charge on any atom is 0.0159 e. The average Bonchev–Trinajstić information content (AvgIpc) is 3.60. The van der Waals surface area contributed by atoms with Gasteiger partial charge in [-0.3, -0.25) is 0 Å². The van der Waals surface area contributed by atoms with Gasteiger partial charge in [0.15, 0.2) is 0 Å². The van der Waals surface area contributed by atoms with Crippen LogP contribution in [0.4, 0.5) is 0 Å². The molecule has 0 amide bonds. The summed E-state index contributed by atoms with van der Waals surface area (Å²) in [5.41, 5.74) is 22.3. The molecule has 0 N–H and O–H groups in total. The van der Waals surface area contributed by atoms with Crippen LogP contribution in [0.2, 0.25) is 0 Å². The number of benzene rings is 11. The summed E-state index contributed by atoms with van der Waals surface area (Å²) in [4.78, 5) is 0. The van der Waals surface area contributed by atoms with E-state index in [9.17, 15) is 0 Å². The molecule has 1 aliphatic carbocycles. The van der Waals surface area contributed by atoms with Gasteiger partial charge < -0.3 is 0 Å². The first-order valence-corrected chi connectivity index (χ1v) is 22.7. The van der Waals surface area contributed by atoms with Gasteiger partial charge in [0.25, 0.3) is 0 Å². The zero-order valence-corrected chi connectivity index (χ0v) is 36.6. The summed E-state index contributed by atoms with van der Waals surface area (Å²) < 4.78 is 0. The highest BCUT2D eigenvalue weighted by atomic mass is 14.4. The minimum atomic E-state index is -0.0491. The SMILES string of the molecule is CC1(C)c2ccccc2-c2cc3ccc4ccc(-c5cccc(-c6cccc(-c7cc(-c8cccc(-c9ccccc9)c8)cc(-c8cccc(-c9ccccc9)c8)c7)c6)c5)cc4c3cc21. The quantitative estimate of drug-likeness (QED) is 0.140. The Bertz CT molecular complexity index is 3510. The van der Waals surface area contributed by atoms with Gasteiger partial charge in [0, 0.05) is 5.41 Å². The van der Waals surface area contributed by atoms with Gasteiger partial charge in [0.1, 0.15) is 0 Å². The van der Waals surface area contributed by atoms with Crippen LogP contribution in [0.1, 0.15) is 25.0 Å². The maximum atomic E-state index is 2.47. The van der Waals surface area contributed by atoms with E-state index in [1.54, 1.807) is 0 Å². The zero-order chi connectivity index (χ0) is 43.5. The van der Waals surface area contributed by atoms with Crippen molar-refractivity contribution >= 4 is 21.5 Å². The van der Waals surface area contributed by atoms with Crippen LogP contribution in [0, 0.1) is 0 Å². The van der Waals surface area contributed by atoms with E-state index in [0.29, 0.717) is 0 Å². The Morgan fingerprint density at radius 1 is 0.215 bits per heavy atom. The Hall–Kier alpha value is -8.06. The first-order valence-electron chi connectivity index (χ1n) is 22.7. The molecule has 0 spiro atoms. The molecule has 0 aromatic heterocycles. The maximum absolute atomic E-state index is 2.47. The van der Waals surface area contributed by atoms with Crippen LogP contribution in [0.25, 0.3) is 111 Å². The molecule has 0 aliphatic heterocycles. The third-order valence-corrected chi connectivity index (χ3v) is 13.8. The lowest BCUT2D eigenvalue weighted by atomic mass is 9.81. The molecule has 12 rings (SSSR count). The molecule has 11 aromatic carbocycles. The number of fused-ring (bicyclic) bond motifs is 6. The van der Waals surface area contributed by atoms with Crippen LogP contribution in [0.15, 0.2) is 243 Å². The molecular weight excluding hydrogens is 781 g/mol. The van der Waals surface area contributed by atoms with Crippen LogP contribution in [-0.4, -0.2) is 0 Å². The summed E-state index contributed by atoms with van der Waals surface area (Å²) >= 11 is 0. The van der Waals surface area contributed by atoms with Crippen molar-refractivity contribution in [2.45, 2.75) is 19.3 Å². The Balaban J connectivity index is 0.936. The second-order valence-corrected chi connectivity index (χ2v) is 18.1. The van der Waals surface area contributed by atoms with Crippen LogP contribution in [-0.2, 0) is 5.41 Å². The molecule has 0 atom stereocenters. The van der Waals surface area contributed by atoms with E-state index in [1.165, 1.54) is 122 Å². The molecule has 0 fully saturated rings. The normalized spacial score (nSPS) is 12.6. The summed E-state index contributed by atoms with van der Waals surface area (Å²) in [6.45, 7) is 4.73. The monoisotopic (exact) mass is 826 g/mol. The van der Waals surface area contributed by atoms with Gasteiger partial charge in [0.05, 0.1) is 0 Å². The lowest BCUT2D eigenvalue weighted by molar-refractivity contribution is 0.661. The van der Waals surface area contributed by atoms with Gasteiger partial charge in [-0.2, -0.15) is 0 Å². The van der Waals surface area contributed by atoms with Gasteiger partial charge in [-0.25, -0.2) is 0 Å². The zero-order valence-electron chi connectivity index (χ0n) is 36.6. The summed E-state index contributed by atoms with van der Waals surface area (Å²) in [6.07, 6.45) is 0. The Morgan fingerprint density at radius 3 is 1.08 bits per heavy atom. The lowest BCUT2D eigenvalue weighted by Gasteiger charge is -2.22. The molecule has 11 aromatic rings. The fourth-order valence-corrected chi connectivity index (χ4v) is 10.3. The molecule has 0 bridgehead atoms. The van der Waals surface area contributed by atoms with E-state index in [4.69, 9.17) is 0 Å².